The summed E-state index contributed by atoms with van der Waals surface area (Å²) in [6, 6.07) is 0. The smallest absolute Gasteiger partial charge is 0.133 e. The number of hydrogen-bond acceptors (Lipinski definition) is 1. The molecule has 1 heteroatoms. The van der Waals surface area contributed by atoms with Crippen LogP contribution >= 0.6 is 0 Å². The molecule has 1 aliphatic carbocycles. The topological polar surface area (TPSA) is 17.1 Å². The molecule has 1 nitrogen and oxygen atoms in total. The van der Waals surface area contributed by atoms with Gasteiger partial charge in [-0.15, -0.1) is 0 Å². The first-order chi connectivity index (χ1) is 6.09. The van der Waals surface area contributed by atoms with Gasteiger partial charge in [0.15, 0.2) is 0 Å². The average molecular weight is 178 g/mol. The first-order valence-electron chi connectivity index (χ1n) is 4.92. The molecule has 0 saturated carbocycles. The van der Waals surface area contributed by atoms with Gasteiger partial charge in [-0.3, -0.25) is 4.79 Å². The first kappa shape index (κ1) is 10.2. The molecule has 0 amide bonds. The van der Waals surface area contributed by atoms with Crippen molar-refractivity contribution in [3.8, 4) is 0 Å². The molecule has 0 aromatic heterocycles. The Kier molecular flexibility index (Phi) is 3.47. The highest BCUT2D eigenvalue weighted by Crippen LogP contribution is 2.26. The summed E-state index contributed by atoms with van der Waals surface area (Å²) in [4.78, 5) is 10.9. The maximum Gasteiger partial charge on any atom is 0.133 e. The lowest BCUT2D eigenvalue weighted by Gasteiger charge is -2.15. The van der Waals surface area contributed by atoms with Gasteiger partial charge < -0.3 is 0 Å². The highest BCUT2D eigenvalue weighted by atomic mass is 16.1. The second-order valence-electron chi connectivity index (χ2n) is 4.02. The van der Waals surface area contributed by atoms with E-state index in [0.29, 0.717) is 6.42 Å². The molecule has 0 aromatic carbocycles. The van der Waals surface area contributed by atoms with E-state index in [9.17, 15) is 4.79 Å². The van der Waals surface area contributed by atoms with Gasteiger partial charge in [0.05, 0.1) is 0 Å². The van der Waals surface area contributed by atoms with Gasteiger partial charge in [0.25, 0.3) is 0 Å². The van der Waals surface area contributed by atoms with Gasteiger partial charge >= 0.3 is 0 Å². The molecular formula is C12H18O. The zero-order valence-electron chi connectivity index (χ0n) is 8.81. The molecule has 0 bridgehead atoms. The zero-order chi connectivity index (χ0) is 9.84. The maximum absolute atomic E-state index is 10.9. The highest BCUT2D eigenvalue weighted by molar-refractivity contribution is 5.78. The molecule has 0 N–H and O–H groups in total. The van der Waals surface area contributed by atoms with Gasteiger partial charge in [0.1, 0.15) is 5.78 Å². The first-order valence-corrected chi connectivity index (χ1v) is 4.92. The molecule has 1 rings (SSSR count). The Morgan fingerprint density at radius 3 is 2.54 bits per heavy atom. The minimum atomic E-state index is 0.274. The van der Waals surface area contributed by atoms with Gasteiger partial charge in [0, 0.05) is 6.42 Å². The van der Waals surface area contributed by atoms with Crippen molar-refractivity contribution in [2.45, 2.75) is 46.5 Å². The Morgan fingerprint density at radius 2 is 2.08 bits per heavy atom. The lowest BCUT2D eigenvalue weighted by atomic mass is 9.91. The summed E-state index contributed by atoms with van der Waals surface area (Å²) in [5.74, 6) is 0.274. The largest absolute Gasteiger partial charge is 0.300 e. The number of allylic oxidation sites excluding steroid dienone is 4. The molecule has 0 radical (unpaired) electrons. The minimum Gasteiger partial charge on any atom is -0.300 e. The fourth-order valence-electron chi connectivity index (χ4n) is 1.74. The summed E-state index contributed by atoms with van der Waals surface area (Å²) < 4.78 is 0. The lowest BCUT2D eigenvalue weighted by Crippen LogP contribution is -1.99. The van der Waals surface area contributed by atoms with Crippen molar-refractivity contribution < 1.29 is 4.79 Å². The molecule has 0 aliphatic heterocycles. The van der Waals surface area contributed by atoms with Crippen LogP contribution < -0.4 is 0 Å². The monoisotopic (exact) mass is 178 g/mol. The predicted octanol–water partition coefficient (Wildman–Crippen LogP) is 3.41. The molecule has 0 aromatic rings. The van der Waals surface area contributed by atoms with Crippen LogP contribution in [-0.4, -0.2) is 5.78 Å². The van der Waals surface area contributed by atoms with Crippen molar-refractivity contribution in [3.63, 3.8) is 0 Å². The molecule has 0 atom stereocenters. The van der Waals surface area contributed by atoms with Crippen molar-refractivity contribution in [1.82, 2.24) is 0 Å². The van der Waals surface area contributed by atoms with Crippen molar-refractivity contribution in [1.29, 1.82) is 0 Å². The summed E-state index contributed by atoms with van der Waals surface area (Å²) in [5, 5.41) is 0. The predicted molar refractivity (Wildman–Crippen MR) is 55.6 cm³/mol. The van der Waals surface area contributed by atoms with E-state index in [1.54, 1.807) is 6.92 Å². The Bertz CT molecular complexity index is 269. The molecule has 0 spiro atoms. The van der Waals surface area contributed by atoms with Crippen molar-refractivity contribution >= 4 is 5.78 Å². The lowest BCUT2D eigenvalue weighted by molar-refractivity contribution is -0.116. The Labute approximate surface area is 80.5 Å². The van der Waals surface area contributed by atoms with E-state index in [-0.39, 0.29) is 5.78 Å². The van der Waals surface area contributed by atoms with Crippen LogP contribution in [0.3, 0.4) is 0 Å². The van der Waals surface area contributed by atoms with Crippen LogP contribution in [0.4, 0.5) is 0 Å². The van der Waals surface area contributed by atoms with Crippen molar-refractivity contribution in [2.75, 3.05) is 0 Å². The second-order valence-corrected chi connectivity index (χ2v) is 4.02. The molecule has 72 valence electrons. The third kappa shape index (κ3) is 3.17. The zero-order valence-corrected chi connectivity index (χ0v) is 8.81. The molecule has 0 heterocycles. The number of ketones is 1. The van der Waals surface area contributed by atoms with Crippen LogP contribution in [0.15, 0.2) is 22.8 Å². The third-order valence-corrected chi connectivity index (χ3v) is 2.64. The van der Waals surface area contributed by atoms with E-state index in [4.69, 9.17) is 0 Å². The summed E-state index contributed by atoms with van der Waals surface area (Å²) >= 11 is 0. The molecule has 0 unspecified atom stereocenters. The van der Waals surface area contributed by atoms with Gasteiger partial charge in [-0.25, -0.2) is 0 Å². The maximum atomic E-state index is 10.9. The fraction of sp³-hybridized carbons (Fsp3) is 0.583. The molecule has 0 fully saturated rings. The molecule has 1 aliphatic rings. The highest BCUT2D eigenvalue weighted by Gasteiger charge is 2.08. The van der Waals surface area contributed by atoms with E-state index in [1.807, 2.05) is 0 Å². The summed E-state index contributed by atoms with van der Waals surface area (Å²) in [5.41, 5.74) is 4.25. The van der Waals surface area contributed by atoms with Crippen LogP contribution in [-0.2, 0) is 4.79 Å². The number of Topliss-reactive ketones (excluding diaryl/α,β-unsaturated/α-hetero) is 1. The summed E-state index contributed by atoms with van der Waals surface area (Å²) in [7, 11) is 0. The van der Waals surface area contributed by atoms with Gasteiger partial charge in [-0.05, 0) is 40.0 Å². The van der Waals surface area contributed by atoms with Crippen LogP contribution in [0.2, 0.25) is 0 Å². The van der Waals surface area contributed by atoms with Gasteiger partial charge in [-0.1, -0.05) is 22.8 Å². The van der Waals surface area contributed by atoms with E-state index >= 15 is 0 Å². The second kappa shape index (κ2) is 4.40. The van der Waals surface area contributed by atoms with Gasteiger partial charge in [-0.2, -0.15) is 0 Å². The summed E-state index contributed by atoms with van der Waals surface area (Å²) in [6.07, 6.45) is 6.31. The van der Waals surface area contributed by atoms with Crippen molar-refractivity contribution in [3.05, 3.63) is 22.8 Å². The Morgan fingerprint density at radius 1 is 1.38 bits per heavy atom. The molecular weight excluding hydrogens is 160 g/mol. The van der Waals surface area contributed by atoms with Crippen LogP contribution in [0, 0.1) is 0 Å². The van der Waals surface area contributed by atoms with E-state index in [2.05, 4.69) is 19.9 Å². The minimum absolute atomic E-state index is 0.274. The standard InChI is InChI=1S/C12H18O/c1-9-4-6-12(7-5-9)10(2)8-11(3)13/h4H,5-8H2,1-3H3/b12-10+. The average Bonchev–Trinajstić information content (AvgIpc) is 2.04. The number of carbonyl (C=O) groups excluding carboxylic acids is 1. The number of carbonyl (C=O) groups is 1. The molecule has 13 heavy (non-hydrogen) atoms. The van der Waals surface area contributed by atoms with E-state index in [0.717, 1.165) is 12.8 Å². The van der Waals surface area contributed by atoms with Gasteiger partial charge in [0.2, 0.25) is 0 Å². The third-order valence-electron chi connectivity index (χ3n) is 2.64. The Balaban J connectivity index is 2.65. The quantitative estimate of drug-likeness (QED) is 0.592. The van der Waals surface area contributed by atoms with Crippen molar-refractivity contribution in [2.24, 2.45) is 0 Å². The van der Waals surface area contributed by atoms with E-state index < -0.39 is 0 Å². The van der Waals surface area contributed by atoms with Crippen LogP contribution in [0.25, 0.3) is 0 Å². The number of hydrogen-bond donors (Lipinski definition) is 0. The normalized spacial score (nSPS) is 21.0. The number of rotatable bonds is 2. The van der Waals surface area contributed by atoms with E-state index in [1.165, 1.54) is 23.1 Å². The fourth-order valence-corrected chi connectivity index (χ4v) is 1.74. The molecule has 0 saturated heterocycles. The Hall–Kier alpha value is -0.850. The summed E-state index contributed by atoms with van der Waals surface area (Å²) in [6.45, 7) is 5.93. The SMILES string of the molecule is CC(=O)C/C(C)=C1\CC=C(C)CC1. The van der Waals surface area contributed by atoms with Crippen LogP contribution in [0.1, 0.15) is 46.5 Å². The van der Waals surface area contributed by atoms with Crippen LogP contribution in [0.5, 0.6) is 0 Å².